The third-order valence-electron chi connectivity index (χ3n) is 4.86. The molecule has 3 aromatic carbocycles. The maximum Gasteiger partial charge on any atom is 0.232 e. The molecule has 1 amide bonds. The van der Waals surface area contributed by atoms with E-state index in [2.05, 4.69) is 10.0 Å². The molecule has 0 heterocycles. The maximum absolute atomic E-state index is 12.7. The van der Waals surface area contributed by atoms with Crippen molar-refractivity contribution in [2.75, 3.05) is 22.9 Å². The number of hydrogen-bond acceptors (Lipinski definition) is 4. The molecule has 0 unspecified atom stereocenters. The van der Waals surface area contributed by atoms with E-state index in [1.165, 1.54) is 0 Å². The Balaban J connectivity index is 1.68. The summed E-state index contributed by atoms with van der Waals surface area (Å²) in [5, 5.41) is 4.97. The van der Waals surface area contributed by atoms with Crippen LogP contribution in [-0.2, 0) is 14.8 Å². The summed E-state index contributed by atoms with van der Waals surface area (Å²) in [7, 11) is -1.70. The van der Waals surface area contributed by atoms with Gasteiger partial charge in [-0.25, -0.2) is 8.42 Å². The van der Waals surface area contributed by atoms with Crippen molar-refractivity contribution >= 4 is 38.1 Å². The number of amides is 1. The quantitative estimate of drug-likeness (QED) is 0.545. The molecule has 0 spiro atoms. The zero-order valence-corrected chi connectivity index (χ0v) is 18.1. The molecule has 0 saturated heterocycles. The molecule has 0 saturated carbocycles. The molecule has 7 heteroatoms. The summed E-state index contributed by atoms with van der Waals surface area (Å²) in [6.45, 7) is 3.67. The average Bonchev–Trinajstić information content (AvgIpc) is 2.73. The van der Waals surface area contributed by atoms with Crippen LogP contribution in [0.1, 0.15) is 31.7 Å². The normalized spacial score (nSPS) is 12.4. The third kappa shape index (κ3) is 5.30. The van der Waals surface area contributed by atoms with Gasteiger partial charge in [-0.3, -0.25) is 9.52 Å². The van der Waals surface area contributed by atoms with Crippen molar-refractivity contribution in [1.29, 1.82) is 0 Å². The minimum Gasteiger partial charge on any atom is -0.497 e. The van der Waals surface area contributed by atoms with Crippen LogP contribution in [0.2, 0.25) is 0 Å². The predicted octanol–water partition coefficient (Wildman–Crippen LogP) is 4.74. The van der Waals surface area contributed by atoms with E-state index < -0.39 is 10.0 Å². The molecule has 0 aliphatic carbocycles. The summed E-state index contributed by atoms with van der Waals surface area (Å²) >= 11 is 0. The van der Waals surface area contributed by atoms with Gasteiger partial charge in [0, 0.05) is 11.4 Å². The van der Waals surface area contributed by atoms with Crippen molar-refractivity contribution < 1.29 is 17.9 Å². The molecule has 0 aliphatic rings. The van der Waals surface area contributed by atoms with Gasteiger partial charge in [0.1, 0.15) is 5.75 Å². The number of ether oxygens (including phenoxy) is 1. The number of carbonyl (C=O) groups is 1. The number of hydrogen-bond donors (Lipinski definition) is 2. The molecular weight excluding hydrogens is 400 g/mol. The van der Waals surface area contributed by atoms with E-state index >= 15 is 0 Å². The van der Waals surface area contributed by atoms with Gasteiger partial charge in [-0.1, -0.05) is 31.2 Å². The van der Waals surface area contributed by atoms with Crippen molar-refractivity contribution in [2.24, 2.45) is 0 Å². The number of methoxy groups -OCH3 is 1. The molecule has 6 nitrogen and oxygen atoms in total. The van der Waals surface area contributed by atoms with Gasteiger partial charge in [0.05, 0.1) is 18.8 Å². The van der Waals surface area contributed by atoms with Crippen molar-refractivity contribution in [1.82, 2.24) is 0 Å². The summed E-state index contributed by atoms with van der Waals surface area (Å²) in [5.74, 6) is 0.379. The Morgan fingerprint density at radius 2 is 1.60 bits per heavy atom. The van der Waals surface area contributed by atoms with Gasteiger partial charge in [-0.05, 0) is 66.1 Å². The Bertz CT molecular complexity index is 1140. The zero-order valence-electron chi connectivity index (χ0n) is 17.3. The monoisotopic (exact) mass is 426 g/mol. The Kier molecular flexibility index (Phi) is 6.62. The highest BCUT2D eigenvalue weighted by Gasteiger charge is 2.16. The second kappa shape index (κ2) is 9.17. The highest BCUT2D eigenvalue weighted by molar-refractivity contribution is 7.92. The van der Waals surface area contributed by atoms with Crippen LogP contribution >= 0.6 is 0 Å². The van der Waals surface area contributed by atoms with E-state index in [4.69, 9.17) is 4.74 Å². The van der Waals surface area contributed by atoms with E-state index in [1.54, 1.807) is 31.4 Å². The fourth-order valence-corrected chi connectivity index (χ4v) is 4.30. The summed E-state index contributed by atoms with van der Waals surface area (Å²) in [4.78, 5) is 12.7. The smallest absolute Gasteiger partial charge is 0.232 e. The van der Waals surface area contributed by atoms with E-state index in [0.29, 0.717) is 17.8 Å². The van der Waals surface area contributed by atoms with Gasteiger partial charge in [0.25, 0.3) is 0 Å². The van der Waals surface area contributed by atoms with Crippen molar-refractivity contribution in [3.05, 3.63) is 66.2 Å². The maximum atomic E-state index is 12.7. The fraction of sp³-hybridized carbons (Fsp3) is 0.261. The van der Waals surface area contributed by atoms with E-state index in [0.717, 1.165) is 22.1 Å². The Morgan fingerprint density at radius 3 is 2.27 bits per heavy atom. The van der Waals surface area contributed by atoms with E-state index in [-0.39, 0.29) is 17.6 Å². The molecule has 30 heavy (non-hydrogen) atoms. The van der Waals surface area contributed by atoms with Crippen LogP contribution in [0.5, 0.6) is 5.75 Å². The largest absolute Gasteiger partial charge is 0.497 e. The number of sulfonamides is 1. The number of benzene rings is 3. The van der Waals surface area contributed by atoms with Gasteiger partial charge < -0.3 is 10.1 Å². The van der Waals surface area contributed by atoms with Crippen LogP contribution in [-0.4, -0.2) is 27.2 Å². The van der Waals surface area contributed by atoms with E-state index in [9.17, 15) is 13.2 Å². The van der Waals surface area contributed by atoms with Crippen LogP contribution in [0.3, 0.4) is 0 Å². The molecule has 0 radical (unpaired) electrons. The first-order chi connectivity index (χ1) is 14.3. The molecular formula is C23H26N2O4S. The number of nitrogens with one attached hydrogen (secondary N) is 2. The first kappa shape index (κ1) is 21.6. The fourth-order valence-electron chi connectivity index (χ4n) is 3.16. The van der Waals surface area contributed by atoms with Gasteiger partial charge in [0.15, 0.2) is 0 Å². The number of anilines is 2. The second-order valence-electron chi connectivity index (χ2n) is 7.18. The minimum atomic E-state index is -3.34. The third-order valence-corrected chi connectivity index (χ3v) is 6.36. The molecule has 3 rings (SSSR count). The lowest BCUT2D eigenvalue weighted by molar-refractivity contribution is -0.117. The van der Waals surface area contributed by atoms with E-state index in [1.807, 2.05) is 50.2 Å². The van der Waals surface area contributed by atoms with Crippen molar-refractivity contribution in [3.8, 4) is 5.75 Å². The Labute approximate surface area is 177 Å². The molecule has 0 aliphatic heterocycles. The highest BCUT2D eigenvalue weighted by atomic mass is 32.2. The summed E-state index contributed by atoms with van der Waals surface area (Å²) in [6.07, 6.45) is 0.545. The zero-order chi connectivity index (χ0) is 21.7. The summed E-state index contributed by atoms with van der Waals surface area (Å²) < 4.78 is 31.5. The lowest BCUT2D eigenvalue weighted by Crippen LogP contribution is -2.19. The van der Waals surface area contributed by atoms with Gasteiger partial charge in [-0.15, -0.1) is 0 Å². The lowest BCUT2D eigenvalue weighted by Gasteiger charge is -2.14. The Morgan fingerprint density at radius 1 is 0.967 bits per heavy atom. The van der Waals surface area contributed by atoms with Gasteiger partial charge >= 0.3 is 0 Å². The second-order valence-corrected chi connectivity index (χ2v) is 9.02. The molecule has 0 bridgehead atoms. The number of carbonyl (C=O) groups excluding carboxylic acids is 1. The number of rotatable bonds is 8. The van der Waals surface area contributed by atoms with Crippen LogP contribution < -0.4 is 14.8 Å². The first-order valence-electron chi connectivity index (χ1n) is 9.80. The molecule has 1 atom stereocenters. The average molecular weight is 427 g/mol. The van der Waals surface area contributed by atoms with Crippen molar-refractivity contribution in [2.45, 2.75) is 26.2 Å². The Hall–Kier alpha value is -3.06. The first-order valence-corrected chi connectivity index (χ1v) is 11.5. The lowest BCUT2D eigenvalue weighted by atomic mass is 9.97. The van der Waals surface area contributed by atoms with Crippen LogP contribution in [0.15, 0.2) is 60.7 Å². The summed E-state index contributed by atoms with van der Waals surface area (Å²) in [6, 6.07) is 18.4. The molecule has 158 valence electrons. The summed E-state index contributed by atoms with van der Waals surface area (Å²) in [5.41, 5.74) is 1.99. The molecule has 0 aromatic heterocycles. The van der Waals surface area contributed by atoms with Gasteiger partial charge in [-0.2, -0.15) is 0 Å². The number of fused-ring (bicyclic) bond motifs is 1. The minimum absolute atomic E-state index is 0.0710. The van der Waals surface area contributed by atoms with Crippen LogP contribution in [0.4, 0.5) is 11.4 Å². The standard InChI is InChI=1S/C23H26N2O4S/c1-4-13-30(27,28)25-21-10-8-20(9-11-21)24-23(26)16(2)17-5-6-19-15-22(29-3)12-7-18(19)14-17/h5-12,14-16,25H,4,13H2,1-3H3,(H,24,26)/t16-/m0/s1. The molecule has 3 aromatic rings. The highest BCUT2D eigenvalue weighted by Crippen LogP contribution is 2.26. The molecule has 2 N–H and O–H groups in total. The van der Waals surface area contributed by atoms with Crippen LogP contribution in [0, 0.1) is 0 Å². The predicted molar refractivity (Wildman–Crippen MR) is 122 cm³/mol. The molecule has 0 fully saturated rings. The topological polar surface area (TPSA) is 84.5 Å². The van der Waals surface area contributed by atoms with Gasteiger partial charge in [0.2, 0.25) is 15.9 Å². The van der Waals surface area contributed by atoms with Crippen LogP contribution in [0.25, 0.3) is 10.8 Å². The SMILES string of the molecule is CCCS(=O)(=O)Nc1ccc(NC(=O)[C@@H](C)c2ccc3cc(OC)ccc3c2)cc1. The van der Waals surface area contributed by atoms with Crippen molar-refractivity contribution in [3.63, 3.8) is 0 Å².